The Morgan fingerprint density at radius 3 is 2.70 bits per heavy atom. The highest BCUT2D eigenvalue weighted by atomic mass is 32.1. The van der Waals surface area contributed by atoms with Crippen LogP contribution in [0.3, 0.4) is 0 Å². The van der Waals surface area contributed by atoms with Crippen LogP contribution in [0.1, 0.15) is 80.3 Å². The van der Waals surface area contributed by atoms with Gasteiger partial charge in [-0.3, -0.25) is 4.90 Å². The smallest absolute Gasteiger partial charge is 0.141 e. The van der Waals surface area contributed by atoms with Gasteiger partial charge in [0.1, 0.15) is 5.76 Å². The fraction of sp³-hybridized carbons (Fsp3) is 0.630. The van der Waals surface area contributed by atoms with Crippen LogP contribution in [0, 0.1) is 25.7 Å². The number of hydrogen-bond acceptors (Lipinski definition) is 6. The van der Waals surface area contributed by atoms with E-state index in [1.807, 2.05) is 12.4 Å². The van der Waals surface area contributed by atoms with Crippen molar-refractivity contribution in [2.75, 3.05) is 13.1 Å². The van der Waals surface area contributed by atoms with Gasteiger partial charge in [0.05, 0.1) is 23.0 Å². The van der Waals surface area contributed by atoms with Gasteiger partial charge in [0.2, 0.25) is 0 Å². The first-order valence-electron chi connectivity index (χ1n) is 12.4. The Morgan fingerprint density at radius 1 is 1.27 bits per heavy atom. The number of likely N-dealkylation sites (tertiary alicyclic amines) is 1. The van der Waals surface area contributed by atoms with Crippen molar-refractivity contribution >= 4 is 11.3 Å². The molecule has 0 bridgehead atoms. The van der Waals surface area contributed by atoms with E-state index in [9.17, 15) is 5.11 Å². The number of rotatable bonds is 9. The monoisotopic (exact) mass is 469 g/mol. The maximum atomic E-state index is 10.4. The van der Waals surface area contributed by atoms with Gasteiger partial charge >= 0.3 is 0 Å². The summed E-state index contributed by atoms with van der Waals surface area (Å²) in [6.45, 7) is 12.6. The van der Waals surface area contributed by atoms with E-state index in [0.717, 1.165) is 50.2 Å². The molecular formula is C27H39N3O2S. The summed E-state index contributed by atoms with van der Waals surface area (Å²) in [5.41, 5.74) is 5.51. The Kier molecular flexibility index (Phi) is 7.87. The van der Waals surface area contributed by atoms with Crippen LogP contribution in [0.25, 0.3) is 0 Å². The number of allylic oxidation sites excluding steroid dienone is 4. The van der Waals surface area contributed by atoms with Gasteiger partial charge in [-0.2, -0.15) is 0 Å². The van der Waals surface area contributed by atoms with E-state index in [1.165, 1.54) is 16.1 Å². The first kappa shape index (κ1) is 24.4. The molecular weight excluding hydrogens is 430 g/mol. The zero-order chi connectivity index (χ0) is 23.5. The normalized spacial score (nSPS) is 25.5. The molecule has 2 aromatic rings. The highest BCUT2D eigenvalue weighted by molar-refractivity contribution is 7.09. The Balaban J connectivity index is 1.33. The molecule has 2 aliphatic rings. The van der Waals surface area contributed by atoms with Gasteiger partial charge in [0, 0.05) is 41.9 Å². The van der Waals surface area contributed by atoms with Crippen molar-refractivity contribution in [1.29, 1.82) is 0 Å². The van der Waals surface area contributed by atoms with Crippen molar-refractivity contribution in [3.63, 3.8) is 0 Å². The number of aromatic nitrogens is 2. The number of hydrogen-bond donors (Lipinski definition) is 1. The molecule has 1 N–H and O–H groups in total. The first-order valence-corrected chi connectivity index (χ1v) is 13.3. The second kappa shape index (κ2) is 10.7. The highest BCUT2D eigenvalue weighted by Crippen LogP contribution is 2.35. The lowest BCUT2D eigenvalue weighted by Gasteiger charge is -2.30. The van der Waals surface area contributed by atoms with Crippen LogP contribution < -0.4 is 0 Å². The van der Waals surface area contributed by atoms with E-state index in [2.05, 4.69) is 67.0 Å². The molecule has 0 radical (unpaired) electrons. The van der Waals surface area contributed by atoms with Gasteiger partial charge in [-0.05, 0) is 56.9 Å². The largest absolute Gasteiger partial charge is 0.392 e. The molecule has 5 nitrogen and oxygen atoms in total. The molecule has 4 rings (SSSR count). The SMILES string of the molecule is Cc1cc([C@H](CN2C[C@H](O)C[C@H]2CC[C@@H](C)C2=CCC(c3scnc3C)C=C2)C(C)C)on1. The Bertz CT molecular complexity index is 976. The number of aliphatic hydroxyl groups is 1. The van der Waals surface area contributed by atoms with Crippen molar-refractivity contribution in [2.24, 2.45) is 11.8 Å². The standard InChI is InChI=1S/C27H39N3O2S/c1-17(2)25(26-12-19(4)29-32-26)15-30-14-24(31)13-23(30)11-6-18(3)21-7-9-22(10-8-21)27-20(5)28-16-33-27/h7-9,12,16-18,22-25,31H,6,10-11,13-15H2,1-5H3/t18-,22?,23-,24-,25-/m1/s1. The minimum absolute atomic E-state index is 0.230. The summed E-state index contributed by atoms with van der Waals surface area (Å²) < 4.78 is 5.62. The van der Waals surface area contributed by atoms with Crippen molar-refractivity contribution in [2.45, 2.75) is 84.3 Å². The number of thiazole rings is 1. The average Bonchev–Trinajstić information content (AvgIpc) is 3.50. The first-order chi connectivity index (χ1) is 15.8. The lowest BCUT2D eigenvalue weighted by molar-refractivity contribution is 0.160. The molecule has 1 aliphatic carbocycles. The molecule has 0 spiro atoms. The Hall–Kier alpha value is -1.76. The minimum Gasteiger partial charge on any atom is -0.392 e. The summed E-state index contributed by atoms with van der Waals surface area (Å²) in [4.78, 5) is 8.30. The second-order valence-corrected chi connectivity index (χ2v) is 11.3. The molecule has 1 fully saturated rings. The number of β-amino-alcohol motifs (C(OH)–C–C–N with tert-alkyl or cyclic N) is 1. The fourth-order valence-corrected chi connectivity index (χ4v) is 6.29. The van der Waals surface area contributed by atoms with Gasteiger partial charge in [-0.15, -0.1) is 11.3 Å². The third-order valence-electron chi connectivity index (χ3n) is 7.50. The number of aryl methyl sites for hydroxylation is 2. The zero-order valence-corrected chi connectivity index (χ0v) is 21.5. The molecule has 0 amide bonds. The Labute approximate surface area is 202 Å². The van der Waals surface area contributed by atoms with Gasteiger partial charge < -0.3 is 9.63 Å². The zero-order valence-electron chi connectivity index (χ0n) is 20.7. The molecule has 180 valence electrons. The molecule has 1 aliphatic heterocycles. The predicted octanol–water partition coefficient (Wildman–Crippen LogP) is 6.01. The van der Waals surface area contributed by atoms with Gasteiger partial charge in [-0.1, -0.05) is 44.2 Å². The third-order valence-corrected chi connectivity index (χ3v) is 8.57. The maximum Gasteiger partial charge on any atom is 0.141 e. The molecule has 2 aromatic heterocycles. The van der Waals surface area contributed by atoms with Gasteiger partial charge in [-0.25, -0.2) is 4.98 Å². The van der Waals surface area contributed by atoms with E-state index in [0.29, 0.717) is 29.7 Å². The molecule has 33 heavy (non-hydrogen) atoms. The molecule has 0 saturated carbocycles. The summed E-state index contributed by atoms with van der Waals surface area (Å²) >= 11 is 1.77. The summed E-state index contributed by atoms with van der Waals surface area (Å²) in [6.07, 6.45) is 11.1. The van der Waals surface area contributed by atoms with Crippen molar-refractivity contribution in [3.8, 4) is 0 Å². The van der Waals surface area contributed by atoms with Crippen LogP contribution in [-0.4, -0.2) is 45.4 Å². The third kappa shape index (κ3) is 5.84. The van der Waals surface area contributed by atoms with Crippen molar-refractivity contribution < 1.29 is 9.63 Å². The van der Waals surface area contributed by atoms with Crippen LogP contribution in [0.4, 0.5) is 0 Å². The highest BCUT2D eigenvalue weighted by Gasteiger charge is 2.34. The van der Waals surface area contributed by atoms with Gasteiger partial charge in [0.15, 0.2) is 0 Å². The summed E-state index contributed by atoms with van der Waals surface area (Å²) in [5.74, 6) is 2.73. The van der Waals surface area contributed by atoms with E-state index >= 15 is 0 Å². The van der Waals surface area contributed by atoms with E-state index in [-0.39, 0.29) is 6.10 Å². The number of nitrogens with zero attached hydrogens (tertiary/aromatic N) is 3. The molecule has 6 heteroatoms. The topological polar surface area (TPSA) is 62.4 Å². The maximum absolute atomic E-state index is 10.4. The van der Waals surface area contributed by atoms with E-state index in [4.69, 9.17) is 4.52 Å². The summed E-state index contributed by atoms with van der Waals surface area (Å²) in [5, 5.41) is 14.6. The molecule has 0 aromatic carbocycles. The molecule has 1 unspecified atom stereocenters. The number of aliphatic hydroxyl groups excluding tert-OH is 1. The van der Waals surface area contributed by atoms with Crippen LogP contribution in [0.15, 0.2) is 39.9 Å². The average molecular weight is 470 g/mol. The van der Waals surface area contributed by atoms with Crippen LogP contribution in [0.5, 0.6) is 0 Å². The van der Waals surface area contributed by atoms with Crippen LogP contribution in [-0.2, 0) is 0 Å². The minimum atomic E-state index is -0.230. The lowest BCUT2D eigenvalue weighted by Crippen LogP contribution is -2.35. The Morgan fingerprint density at radius 2 is 2.09 bits per heavy atom. The van der Waals surface area contributed by atoms with Crippen LogP contribution in [0.2, 0.25) is 0 Å². The summed E-state index contributed by atoms with van der Waals surface area (Å²) in [6, 6.07) is 2.49. The van der Waals surface area contributed by atoms with E-state index in [1.54, 1.807) is 11.3 Å². The second-order valence-electron chi connectivity index (χ2n) is 10.4. The molecule has 1 saturated heterocycles. The molecule has 3 heterocycles. The lowest BCUT2D eigenvalue weighted by atomic mass is 9.86. The van der Waals surface area contributed by atoms with Gasteiger partial charge in [0.25, 0.3) is 0 Å². The quantitative estimate of drug-likeness (QED) is 0.487. The van der Waals surface area contributed by atoms with Crippen molar-refractivity contribution in [1.82, 2.24) is 15.0 Å². The molecule has 5 atom stereocenters. The van der Waals surface area contributed by atoms with E-state index < -0.39 is 0 Å². The van der Waals surface area contributed by atoms with Crippen LogP contribution >= 0.6 is 11.3 Å². The fourth-order valence-electron chi connectivity index (χ4n) is 5.39. The van der Waals surface area contributed by atoms with Crippen molar-refractivity contribution in [3.05, 3.63) is 57.4 Å². The predicted molar refractivity (Wildman–Crippen MR) is 135 cm³/mol. The summed E-state index contributed by atoms with van der Waals surface area (Å²) in [7, 11) is 0.